The van der Waals surface area contributed by atoms with E-state index in [0.717, 1.165) is 0 Å². The van der Waals surface area contributed by atoms with E-state index in [4.69, 9.17) is 4.74 Å². The molecule has 0 aliphatic rings. The highest BCUT2D eigenvalue weighted by Gasteiger charge is 2.33. The minimum atomic E-state index is -1.70. The van der Waals surface area contributed by atoms with Crippen LogP contribution in [-0.4, -0.2) is 40.2 Å². The average Bonchev–Trinajstić information content (AvgIpc) is 2.61. The number of carbonyl (C=O) groups is 1. The molecule has 0 aromatic carbocycles. The first-order chi connectivity index (χ1) is 12.5. The lowest BCUT2D eigenvalue weighted by molar-refractivity contribution is -0.157. The third kappa shape index (κ3) is 6.59. The summed E-state index contributed by atoms with van der Waals surface area (Å²) in [7, 11) is 1.60. The summed E-state index contributed by atoms with van der Waals surface area (Å²) in [4.78, 5) is 27.9. The maximum Gasteiger partial charge on any atom is 0.311 e. The van der Waals surface area contributed by atoms with E-state index in [1.807, 2.05) is 13.8 Å². The van der Waals surface area contributed by atoms with Crippen molar-refractivity contribution in [2.24, 2.45) is 18.4 Å². The molecular formula is C19H30F2N2O3S. The lowest BCUT2D eigenvalue weighted by atomic mass is 9.81. The second-order valence-corrected chi connectivity index (χ2v) is 8.62. The lowest BCUT2D eigenvalue weighted by Gasteiger charge is -2.26. The van der Waals surface area contributed by atoms with Crippen LogP contribution >= 0.6 is 11.8 Å². The van der Waals surface area contributed by atoms with Crippen molar-refractivity contribution in [1.29, 1.82) is 0 Å². The van der Waals surface area contributed by atoms with Gasteiger partial charge in [-0.25, -0.2) is 13.8 Å². The molecule has 0 N–H and O–H groups in total. The molecule has 0 aliphatic carbocycles. The number of ether oxygens (including phenoxy) is 1. The van der Waals surface area contributed by atoms with Crippen LogP contribution in [0.3, 0.4) is 0 Å². The summed E-state index contributed by atoms with van der Waals surface area (Å²) in [6.45, 7) is 8.89. The van der Waals surface area contributed by atoms with Gasteiger partial charge in [-0.15, -0.1) is 0 Å². The summed E-state index contributed by atoms with van der Waals surface area (Å²) in [5, 5.41) is 0.470. The Hall–Kier alpha value is -1.44. The smallest absolute Gasteiger partial charge is 0.311 e. The molecule has 2 unspecified atom stereocenters. The van der Waals surface area contributed by atoms with Gasteiger partial charge in [0.15, 0.2) is 5.16 Å². The van der Waals surface area contributed by atoms with Gasteiger partial charge in [-0.05, 0) is 33.1 Å². The molecule has 5 nitrogen and oxygen atoms in total. The van der Waals surface area contributed by atoms with E-state index in [2.05, 4.69) is 4.98 Å². The largest absolute Gasteiger partial charge is 0.465 e. The van der Waals surface area contributed by atoms with Crippen LogP contribution in [0.25, 0.3) is 0 Å². The number of esters is 1. The van der Waals surface area contributed by atoms with E-state index < -0.39 is 23.7 Å². The Kier molecular flexibility index (Phi) is 8.91. The van der Waals surface area contributed by atoms with Crippen molar-refractivity contribution in [3.8, 4) is 0 Å². The van der Waals surface area contributed by atoms with Crippen LogP contribution in [0.4, 0.5) is 8.78 Å². The SMILES string of the molecule is Cc1cnc(SCCC(F)C(F)CCOC(=O)C(C)(C)C(C)C)n(C)c1=O. The molecule has 0 aliphatic heterocycles. The molecule has 0 bridgehead atoms. The van der Waals surface area contributed by atoms with Gasteiger partial charge < -0.3 is 4.74 Å². The minimum absolute atomic E-state index is 0.0129. The standard InChI is InChI=1S/C19H30F2N2O3S/c1-12(2)19(4,5)17(25)26-9-7-14(20)15(21)8-10-27-18-22-11-13(3)16(24)23(18)6/h11-12,14-15H,7-10H2,1-6H3. The van der Waals surface area contributed by atoms with E-state index in [-0.39, 0.29) is 30.9 Å². The summed E-state index contributed by atoms with van der Waals surface area (Å²) in [6.07, 6.45) is -2.07. The number of hydrogen-bond acceptors (Lipinski definition) is 5. The molecule has 1 aromatic rings. The van der Waals surface area contributed by atoms with Gasteiger partial charge in [-0.3, -0.25) is 14.2 Å². The first-order valence-electron chi connectivity index (χ1n) is 9.09. The Morgan fingerprint density at radius 2 is 1.89 bits per heavy atom. The topological polar surface area (TPSA) is 61.2 Å². The summed E-state index contributed by atoms with van der Waals surface area (Å²) >= 11 is 1.21. The first-order valence-corrected chi connectivity index (χ1v) is 10.1. The lowest BCUT2D eigenvalue weighted by Crippen LogP contribution is -2.32. The zero-order valence-electron chi connectivity index (χ0n) is 16.9. The molecule has 2 atom stereocenters. The van der Waals surface area contributed by atoms with Crippen LogP contribution < -0.4 is 5.56 Å². The molecule has 0 saturated heterocycles. The number of thioether (sulfide) groups is 1. The van der Waals surface area contributed by atoms with Crippen molar-refractivity contribution in [2.45, 2.75) is 65.0 Å². The zero-order valence-corrected chi connectivity index (χ0v) is 17.7. The fraction of sp³-hybridized carbons (Fsp3) is 0.737. The highest BCUT2D eigenvalue weighted by atomic mass is 32.2. The van der Waals surface area contributed by atoms with Crippen LogP contribution in [0.1, 0.15) is 46.1 Å². The normalized spacial score (nSPS) is 14.3. The predicted octanol–water partition coefficient (Wildman–Crippen LogP) is 3.86. The number of alkyl halides is 2. The molecule has 27 heavy (non-hydrogen) atoms. The molecule has 1 rings (SSSR count). The predicted molar refractivity (Wildman–Crippen MR) is 104 cm³/mol. The molecule has 0 saturated carbocycles. The molecule has 8 heteroatoms. The Labute approximate surface area is 163 Å². The van der Waals surface area contributed by atoms with Crippen molar-refractivity contribution < 1.29 is 18.3 Å². The van der Waals surface area contributed by atoms with Gasteiger partial charge in [-0.2, -0.15) is 0 Å². The highest BCUT2D eigenvalue weighted by molar-refractivity contribution is 7.99. The molecule has 1 heterocycles. The third-order valence-electron chi connectivity index (χ3n) is 4.91. The van der Waals surface area contributed by atoms with Gasteiger partial charge in [0, 0.05) is 31.0 Å². The molecule has 1 aromatic heterocycles. The van der Waals surface area contributed by atoms with Crippen molar-refractivity contribution >= 4 is 17.7 Å². The van der Waals surface area contributed by atoms with E-state index >= 15 is 0 Å². The van der Waals surface area contributed by atoms with E-state index in [0.29, 0.717) is 16.5 Å². The van der Waals surface area contributed by atoms with Gasteiger partial charge in [0.05, 0.1) is 12.0 Å². The van der Waals surface area contributed by atoms with E-state index in [1.165, 1.54) is 22.5 Å². The minimum Gasteiger partial charge on any atom is -0.465 e. The van der Waals surface area contributed by atoms with Crippen molar-refractivity contribution in [3.63, 3.8) is 0 Å². The summed E-state index contributed by atoms with van der Waals surface area (Å²) in [5.41, 5.74) is -0.280. The van der Waals surface area contributed by atoms with Crippen LogP contribution in [0.2, 0.25) is 0 Å². The monoisotopic (exact) mass is 404 g/mol. The number of halogens is 2. The van der Waals surface area contributed by atoms with Crippen LogP contribution in [0.15, 0.2) is 16.1 Å². The number of aromatic nitrogens is 2. The summed E-state index contributed by atoms with van der Waals surface area (Å²) < 4.78 is 34.5. The third-order valence-corrected chi connectivity index (χ3v) is 5.99. The maximum atomic E-state index is 14.0. The van der Waals surface area contributed by atoms with Gasteiger partial charge in [0.1, 0.15) is 12.3 Å². The average molecular weight is 405 g/mol. The van der Waals surface area contributed by atoms with E-state index in [9.17, 15) is 18.4 Å². The van der Waals surface area contributed by atoms with Gasteiger partial charge in [-0.1, -0.05) is 25.6 Å². The summed E-state index contributed by atoms with van der Waals surface area (Å²) in [6, 6.07) is 0. The maximum absolute atomic E-state index is 14.0. The Morgan fingerprint density at radius 1 is 1.30 bits per heavy atom. The van der Waals surface area contributed by atoms with Crippen LogP contribution in [0, 0.1) is 18.3 Å². The number of hydrogen-bond donors (Lipinski definition) is 0. The van der Waals surface area contributed by atoms with Gasteiger partial charge in [0.25, 0.3) is 5.56 Å². The number of carbonyl (C=O) groups excluding carboxylic acids is 1. The molecular weight excluding hydrogens is 374 g/mol. The van der Waals surface area contributed by atoms with Crippen molar-refractivity contribution in [1.82, 2.24) is 9.55 Å². The van der Waals surface area contributed by atoms with Crippen molar-refractivity contribution in [2.75, 3.05) is 12.4 Å². The molecule has 0 spiro atoms. The second-order valence-electron chi connectivity index (χ2n) is 7.56. The second kappa shape index (κ2) is 10.2. The number of nitrogens with zero attached hydrogens (tertiary/aromatic N) is 2. The van der Waals surface area contributed by atoms with Gasteiger partial charge >= 0.3 is 5.97 Å². The molecule has 0 fully saturated rings. The number of aryl methyl sites for hydroxylation is 1. The first kappa shape index (κ1) is 23.6. The fourth-order valence-electron chi connectivity index (χ4n) is 2.09. The zero-order chi connectivity index (χ0) is 20.8. The van der Waals surface area contributed by atoms with Crippen molar-refractivity contribution in [3.05, 3.63) is 22.1 Å². The van der Waals surface area contributed by atoms with Crippen LogP contribution in [-0.2, 0) is 16.6 Å². The molecule has 0 radical (unpaired) electrons. The van der Waals surface area contributed by atoms with Crippen LogP contribution in [0.5, 0.6) is 0 Å². The molecule has 154 valence electrons. The fourth-order valence-corrected chi connectivity index (χ4v) is 3.02. The number of rotatable bonds is 10. The quantitative estimate of drug-likeness (QED) is 0.337. The van der Waals surface area contributed by atoms with E-state index in [1.54, 1.807) is 27.8 Å². The highest BCUT2D eigenvalue weighted by Crippen LogP contribution is 2.28. The Balaban J connectivity index is 2.39. The van der Waals surface area contributed by atoms with Gasteiger partial charge in [0.2, 0.25) is 0 Å². The summed E-state index contributed by atoms with van der Waals surface area (Å²) in [5.74, 6) is -0.0176. The Bertz CT molecular complexity index is 692. The Morgan fingerprint density at radius 3 is 2.48 bits per heavy atom. The molecule has 0 amide bonds.